The molecule has 0 radical (unpaired) electrons. The Morgan fingerprint density at radius 1 is 1.07 bits per heavy atom. The summed E-state index contributed by atoms with van der Waals surface area (Å²) in [6.07, 6.45) is 0. The lowest BCUT2D eigenvalue weighted by molar-refractivity contribution is -0.118. The van der Waals surface area contributed by atoms with Crippen molar-refractivity contribution in [3.8, 4) is 22.9 Å². The molecule has 1 amide bonds. The van der Waals surface area contributed by atoms with Gasteiger partial charge in [-0.3, -0.25) is 4.79 Å². The molecule has 0 spiro atoms. The van der Waals surface area contributed by atoms with E-state index in [1.165, 1.54) is 17.3 Å². The Morgan fingerprint density at radius 2 is 1.79 bits per heavy atom. The fraction of sp³-hybridized carbons (Fsp3) is 0.286. The van der Waals surface area contributed by atoms with Crippen molar-refractivity contribution in [3.05, 3.63) is 53.6 Å². The molecule has 0 fully saturated rings. The van der Waals surface area contributed by atoms with Crippen molar-refractivity contribution in [1.29, 1.82) is 0 Å². The fourth-order valence-electron chi connectivity index (χ4n) is 2.75. The minimum atomic E-state index is -0.0498. The van der Waals surface area contributed by atoms with E-state index in [4.69, 9.17) is 9.47 Å². The summed E-state index contributed by atoms with van der Waals surface area (Å²) in [6, 6.07) is 13.7. The Balaban J connectivity index is 1.61. The first kappa shape index (κ1) is 20.7. The number of aromatic nitrogens is 3. The number of ether oxygens (including phenoxy) is 2. The van der Waals surface area contributed by atoms with Gasteiger partial charge in [0.05, 0.1) is 20.0 Å². The van der Waals surface area contributed by atoms with Crippen LogP contribution in [0, 0.1) is 6.92 Å². The van der Waals surface area contributed by atoms with Gasteiger partial charge in [0.2, 0.25) is 5.91 Å². The molecule has 3 aromatic rings. The van der Waals surface area contributed by atoms with E-state index >= 15 is 0 Å². The summed E-state index contributed by atoms with van der Waals surface area (Å²) in [4.78, 5) is 12.2. The van der Waals surface area contributed by atoms with Gasteiger partial charge in [-0.15, -0.1) is 10.2 Å². The normalized spacial score (nSPS) is 10.6. The van der Waals surface area contributed by atoms with E-state index in [1.807, 2.05) is 61.0 Å². The molecule has 2 aromatic carbocycles. The zero-order chi connectivity index (χ0) is 20.8. The molecule has 0 atom stereocenters. The smallest absolute Gasteiger partial charge is 0.230 e. The summed E-state index contributed by atoms with van der Waals surface area (Å²) in [5, 5.41) is 12.1. The molecule has 0 aliphatic carbocycles. The van der Waals surface area contributed by atoms with Crippen molar-refractivity contribution < 1.29 is 14.3 Å². The molecular weight excluding hydrogens is 388 g/mol. The Labute approximate surface area is 174 Å². The third-order valence-electron chi connectivity index (χ3n) is 4.42. The van der Waals surface area contributed by atoms with Crippen LogP contribution < -0.4 is 14.8 Å². The van der Waals surface area contributed by atoms with Gasteiger partial charge in [-0.05, 0) is 30.7 Å². The van der Waals surface area contributed by atoms with Gasteiger partial charge < -0.3 is 19.4 Å². The third kappa shape index (κ3) is 5.08. The molecule has 0 unspecified atom stereocenters. The first-order valence-corrected chi connectivity index (χ1v) is 10.1. The van der Waals surface area contributed by atoms with E-state index < -0.39 is 0 Å². The number of benzene rings is 2. The summed E-state index contributed by atoms with van der Waals surface area (Å²) in [6.45, 7) is 2.55. The number of thioether (sulfide) groups is 1. The van der Waals surface area contributed by atoms with Crippen LogP contribution in [0.5, 0.6) is 11.5 Å². The predicted molar refractivity (Wildman–Crippen MR) is 113 cm³/mol. The molecule has 29 heavy (non-hydrogen) atoms. The number of nitrogens with zero attached hydrogens (tertiary/aromatic N) is 3. The van der Waals surface area contributed by atoms with Crippen LogP contribution in [0.15, 0.2) is 47.6 Å². The topological polar surface area (TPSA) is 78.3 Å². The van der Waals surface area contributed by atoms with Crippen LogP contribution in [0.1, 0.15) is 11.1 Å². The maximum atomic E-state index is 12.2. The van der Waals surface area contributed by atoms with E-state index in [2.05, 4.69) is 15.5 Å². The Morgan fingerprint density at radius 3 is 2.48 bits per heavy atom. The van der Waals surface area contributed by atoms with Crippen LogP contribution in [0.4, 0.5) is 0 Å². The lowest BCUT2D eigenvalue weighted by Gasteiger charge is -2.09. The van der Waals surface area contributed by atoms with Crippen molar-refractivity contribution in [2.75, 3.05) is 20.0 Å². The van der Waals surface area contributed by atoms with Crippen molar-refractivity contribution in [2.45, 2.75) is 18.6 Å². The Bertz CT molecular complexity index is 986. The Hall–Kier alpha value is -3.00. The van der Waals surface area contributed by atoms with E-state index in [1.54, 1.807) is 14.2 Å². The van der Waals surface area contributed by atoms with Crippen LogP contribution in [0.3, 0.4) is 0 Å². The van der Waals surface area contributed by atoms with Gasteiger partial charge in [-0.1, -0.05) is 41.6 Å². The van der Waals surface area contributed by atoms with Crippen molar-refractivity contribution in [1.82, 2.24) is 20.1 Å². The molecule has 0 saturated heterocycles. The van der Waals surface area contributed by atoms with Crippen LogP contribution in [-0.2, 0) is 18.4 Å². The lowest BCUT2D eigenvalue weighted by Crippen LogP contribution is -2.24. The molecule has 0 aliphatic rings. The summed E-state index contributed by atoms with van der Waals surface area (Å²) < 4.78 is 12.5. The predicted octanol–water partition coefficient (Wildman–Crippen LogP) is 3.22. The highest BCUT2D eigenvalue weighted by molar-refractivity contribution is 7.99. The molecule has 1 N–H and O–H groups in total. The molecule has 8 heteroatoms. The highest BCUT2D eigenvalue weighted by Gasteiger charge is 2.15. The van der Waals surface area contributed by atoms with E-state index in [-0.39, 0.29) is 11.7 Å². The van der Waals surface area contributed by atoms with E-state index in [9.17, 15) is 4.79 Å². The van der Waals surface area contributed by atoms with Crippen LogP contribution >= 0.6 is 11.8 Å². The molecule has 7 nitrogen and oxygen atoms in total. The number of carbonyl (C=O) groups is 1. The molecular formula is C21H24N4O3S. The number of rotatable bonds is 8. The van der Waals surface area contributed by atoms with Crippen LogP contribution in [-0.4, -0.2) is 40.6 Å². The summed E-state index contributed by atoms with van der Waals surface area (Å²) >= 11 is 1.35. The average Bonchev–Trinajstić information content (AvgIpc) is 3.11. The van der Waals surface area contributed by atoms with Gasteiger partial charge in [0.25, 0.3) is 0 Å². The maximum absolute atomic E-state index is 12.2. The third-order valence-corrected chi connectivity index (χ3v) is 5.44. The maximum Gasteiger partial charge on any atom is 0.230 e. The summed E-state index contributed by atoms with van der Waals surface area (Å²) in [5.74, 6) is 2.18. The van der Waals surface area contributed by atoms with Gasteiger partial charge in [0, 0.05) is 19.2 Å². The number of methoxy groups -OCH3 is 2. The van der Waals surface area contributed by atoms with Gasteiger partial charge in [0.1, 0.15) is 0 Å². The second kappa shape index (κ2) is 9.47. The highest BCUT2D eigenvalue weighted by Crippen LogP contribution is 2.32. The number of carbonyl (C=O) groups excluding carboxylic acids is 1. The zero-order valence-corrected chi connectivity index (χ0v) is 17.7. The summed E-state index contributed by atoms with van der Waals surface area (Å²) in [5.41, 5.74) is 3.12. The number of nitrogens with one attached hydrogen (secondary N) is 1. The largest absolute Gasteiger partial charge is 0.493 e. The summed E-state index contributed by atoms with van der Waals surface area (Å²) in [7, 11) is 5.06. The number of hydrogen-bond acceptors (Lipinski definition) is 6. The van der Waals surface area contributed by atoms with Crippen molar-refractivity contribution in [2.24, 2.45) is 7.05 Å². The molecule has 1 heterocycles. The SMILES string of the molecule is COc1ccc(-c2nnc(SCC(=O)NCc3ccc(C)cc3)n2C)cc1OC. The molecule has 3 rings (SSSR count). The van der Waals surface area contributed by atoms with Gasteiger partial charge in [-0.2, -0.15) is 0 Å². The minimum absolute atomic E-state index is 0.0498. The minimum Gasteiger partial charge on any atom is -0.493 e. The van der Waals surface area contributed by atoms with E-state index in [0.717, 1.165) is 11.1 Å². The monoisotopic (exact) mass is 412 g/mol. The van der Waals surface area contributed by atoms with Crippen LogP contribution in [0.25, 0.3) is 11.4 Å². The quantitative estimate of drug-likeness (QED) is 0.573. The highest BCUT2D eigenvalue weighted by atomic mass is 32.2. The molecule has 0 bridgehead atoms. The first-order chi connectivity index (χ1) is 14.0. The number of aryl methyl sites for hydroxylation is 1. The standard InChI is InChI=1S/C21H24N4O3S/c1-14-5-7-15(8-6-14)12-22-19(26)13-29-21-24-23-20(25(21)2)16-9-10-17(27-3)18(11-16)28-4/h5-11H,12-13H2,1-4H3,(H,22,26). The van der Waals surface area contributed by atoms with Gasteiger partial charge in [0.15, 0.2) is 22.5 Å². The zero-order valence-electron chi connectivity index (χ0n) is 16.9. The Kier molecular flexibility index (Phi) is 6.77. The average molecular weight is 413 g/mol. The number of amides is 1. The molecule has 0 saturated carbocycles. The second-order valence-electron chi connectivity index (χ2n) is 6.49. The number of hydrogen-bond donors (Lipinski definition) is 1. The van der Waals surface area contributed by atoms with Crippen molar-refractivity contribution in [3.63, 3.8) is 0 Å². The van der Waals surface area contributed by atoms with Crippen molar-refractivity contribution >= 4 is 17.7 Å². The molecule has 1 aromatic heterocycles. The molecule has 0 aliphatic heterocycles. The fourth-order valence-corrected chi connectivity index (χ4v) is 3.50. The second-order valence-corrected chi connectivity index (χ2v) is 7.43. The van der Waals surface area contributed by atoms with Gasteiger partial charge in [-0.25, -0.2) is 0 Å². The van der Waals surface area contributed by atoms with Crippen LogP contribution in [0.2, 0.25) is 0 Å². The van der Waals surface area contributed by atoms with E-state index in [0.29, 0.717) is 29.0 Å². The first-order valence-electron chi connectivity index (χ1n) is 9.08. The van der Waals surface area contributed by atoms with Gasteiger partial charge >= 0.3 is 0 Å². The molecule has 152 valence electrons. The lowest BCUT2D eigenvalue weighted by atomic mass is 10.1.